The van der Waals surface area contributed by atoms with Crippen molar-refractivity contribution in [2.75, 3.05) is 0 Å². The maximum Gasteiger partial charge on any atom is 0.252 e. The lowest BCUT2D eigenvalue weighted by Crippen LogP contribution is -2.59. The monoisotopic (exact) mass is 1060 g/mol. The van der Waals surface area contributed by atoms with Crippen LogP contribution in [0.25, 0.3) is 133 Å². The molecule has 16 rings (SSSR count). The smallest absolute Gasteiger partial charge is 0.252 e. The zero-order chi connectivity index (χ0) is 55.9. The highest BCUT2D eigenvalue weighted by atomic mass is 15.0. The minimum absolute atomic E-state index is 0.120. The molecule has 0 unspecified atom stereocenters. The Bertz CT molecular complexity index is 4630. The SMILES string of the molecule is CC(C)(C)c1cc2c3c(c1)c1c(-c4ccccc4)cc(-c4ccccc4)cc1n3-c1cc(-c3cc(-c4ccccc4)nc(-c4ccccc4)n3)cc3c1B2c1cc(C(C)(C)C)cc2c4c(-c5ccccc5)cc(-c5ccccc5)cc4n-3c12. The third-order valence-corrected chi connectivity index (χ3v) is 17.7. The van der Waals surface area contributed by atoms with E-state index in [1.54, 1.807) is 0 Å². The molecular formula is C78H59BN4. The van der Waals surface area contributed by atoms with E-state index in [1.807, 2.05) is 0 Å². The van der Waals surface area contributed by atoms with Crippen LogP contribution in [0.15, 0.2) is 249 Å². The van der Waals surface area contributed by atoms with Gasteiger partial charge >= 0.3 is 0 Å². The highest BCUT2D eigenvalue weighted by Crippen LogP contribution is 2.48. The summed E-state index contributed by atoms with van der Waals surface area (Å²) in [5, 5.41) is 5.06. The second-order valence-electron chi connectivity index (χ2n) is 24.9. The molecule has 2 aliphatic heterocycles. The van der Waals surface area contributed by atoms with Gasteiger partial charge in [0, 0.05) is 60.6 Å². The Kier molecular flexibility index (Phi) is 10.8. The molecule has 0 aliphatic carbocycles. The van der Waals surface area contributed by atoms with E-state index in [4.69, 9.17) is 9.97 Å². The fourth-order valence-electron chi connectivity index (χ4n) is 13.7. The van der Waals surface area contributed by atoms with Crippen molar-refractivity contribution >= 4 is 66.7 Å². The summed E-state index contributed by atoms with van der Waals surface area (Å²) in [5.41, 5.74) is 27.8. The molecule has 14 aromatic rings. The molecule has 5 heteroatoms. The van der Waals surface area contributed by atoms with Crippen molar-refractivity contribution < 1.29 is 0 Å². The molecule has 0 atom stereocenters. The predicted octanol–water partition coefficient (Wildman–Crippen LogP) is 18.1. The van der Waals surface area contributed by atoms with Crippen LogP contribution < -0.4 is 16.4 Å². The van der Waals surface area contributed by atoms with E-state index in [0.717, 1.165) is 39.5 Å². The molecule has 0 saturated carbocycles. The molecule has 0 radical (unpaired) electrons. The van der Waals surface area contributed by atoms with Crippen LogP contribution in [-0.2, 0) is 10.8 Å². The van der Waals surface area contributed by atoms with Crippen LogP contribution in [0.3, 0.4) is 0 Å². The molecule has 83 heavy (non-hydrogen) atoms. The van der Waals surface area contributed by atoms with Gasteiger partial charge in [-0.2, -0.15) is 0 Å². The summed E-state index contributed by atoms with van der Waals surface area (Å²) in [6.07, 6.45) is 0. The number of aromatic nitrogens is 4. The van der Waals surface area contributed by atoms with Gasteiger partial charge in [0.05, 0.1) is 22.4 Å². The average Bonchev–Trinajstić information content (AvgIpc) is 1.78. The van der Waals surface area contributed by atoms with Crippen molar-refractivity contribution in [3.63, 3.8) is 0 Å². The molecular weight excluding hydrogens is 1000 g/mol. The van der Waals surface area contributed by atoms with Gasteiger partial charge in [-0.1, -0.05) is 236 Å². The van der Waals surface area contributed by atoms with Crippen LogP contribution in [0.1, 0.15) is 52.7 Å². The molecule has 0 saturated heterocycles. The van der Waals surface area contributed by atoms with Crippen LogP contribution in [0.2, 0.25) is 0 Å². The third kappa shape index (κ3) is 7.75. The van der Waals surface area contributed by atoms with Crippen molar-refractivity contribution in [2.45, 2.75) is 52.4 Å². The molecule has 4 nitrogen and oxygen atoms in total. The zero-order valence-corrected chi connectivity index (χ0v) is 47.5. The largest absolute Gasteiger partial charge is 0.310 e. The van der Waals surface area contributed by atoms with Gasteiger partial charge < -0.3 is 9.13 Å². The lowest BCUT2D eigenvalue weighted by molar-refractivity contribution is 0.591. The molecule has 0 bridgehead atoms. The predicted molar refractivity (Wildman–Crippen MR) is 351 cm³/mol. The first-order valence-corrected chi connectivity index (χ1v) is 29.2. The van der Waals surface area contributed by atoms with E-state index >= 15 is 0 Å². The summed E-state index contributed by atoms with van der Waals surface area (Å²) in [6.45, 7) is 14.1. The minimum atomic E-state index is -0.159. The second kappa shape index (κ2) is 18.3. The van der Waals surface area contributed by atoms with Gasteiger partial charge in [0.2, 0.25) is 0 Å². The highest BCUT2D eigenvalue weighted by Gasteiger charge is 2.43. The van der Waals surface area contributed by atoms with Gasteiger partial charge in [-0.25, -0.2) is 9.97 Å². The summed E-state index contributed by atoms with van der Waals surface area (Å²) in [4.78, 5) is 10.9. The number of hydrogen-bond donors (Lipinski definition) is 0. The lowest BCUT2D eigenvalue weighted by atomic mass is 9.34. The van der Waals surface area contributed by atoms with Crippen LogP contribution >= 0.6 is 0 Å². The maximum absolute atomic E-state index is 5.61. The van der Waals surface area contributed by atoms with Gasteiger partial charge in [0.1, 0.15) is 0 Å². The van der Waals surface area contributed by atoms with Gasteiger partial charge in [-0.3, -0.25) is 0 Å². The zero-order valence-electron chi connectivity index (χ0n) is 47.5. The van der Waals surface area contributed by atoms with Gasteiger partial charge in [-0.05, 0) is 137 Å². The molecule has 5 heterocycles. The van der Waals surface area contributed by atoms with Gasteiger partial charge in [0.15, 0.2) is 5.82 Å². The standard InChI is InChI=1S/C78H59BN4/c1-77(2,3)57-43-61-71-59(50-29-17-9-18-30-50)37-54(48-25-13-7-14-26-48)39-67(71)82-69-41-56(66-47-65(52-33-21-11-22-34-52)80-76(81-66)53-35-23-12-24-36-53)42-70-73(69)79(63(45-57)74(61)82)64-46-58(78(4,5)6)44-62-72-60(51-31-19-10-20-32-51)38-55(49-27-15-8-16-28-49)40-68(72)83(70)75(62)64/h7-47H,1-6H3. The molecule has 394 valence electrons. The highest BCUT2D eigenvalue weighted by molar-refractivity contribution is 7.00. The van der Waals surface area contributed by atoms with Crippen LogP contribution in [0, 0.1) is 0 Å². The van der Waals surface area contributed by atoms with Crippen molar-refractivity contribution in [2.24, 2.45) is 0 Å². The Morgan fingerprint density at radius 1 is 0.325 bits per heavy atom. The first kappa shape index (κ1) is 49.0. The Hall–Kier alpha value is -9.84. The number of fused-ring (bicyclic) bond motifs is 10. The van der Waals surface area contributed by atoms with E-state index in [-0.39, 0.29) is 17.5 Å². The van der Waals surface area contributed by atoms with Crippen LogP contribution in [0.5, 0.6) is 0 Å². The number of hydrogen-bond acceptors (Lipinski definition) is 2. The molecule has 3 aromatic heterocycles. The normalized spacial score (nSPS) is 12.7. The number of benzene rings is 11. The number of rotatable bonds is 7. The van der Waals surface area contributed by atoms with Crippen molar-refractivity contribution in [1.29, 1.82) is 0 Å². The third-order valence-electron chi connectivity index (χ3n) is 17.7. The average molecular weight is 1060 g/mol. The minimum Gasteiger partial charge on any atom is -0.310 e. The maximum atomic E-state index is 5.61. The van der Waals surface area contributed by atoms with Crippen LogP contribution in [0.4, 0.5) is 0 Å². The fourth-order valence-corrected chi connectivity index (χ4v) is 13.7. The Balaban J connectivity index is 1.13. The first-order chi connectivity index (χ1) is 40.4. The molecule has 11 aromatic carbocycles. The summed E-state index contributed by atoms with van der Waals surface area (Å²) >= 11 is 0. The molecule has 0 N–H and O–H groups in total. The van der Waals surface area contributed by atoms with E-state index in [9.17, 15) is 0 Å². The van der Waals surface area contributed by atoms with E-state index in [1.165, 1.54) is 116 Å². The summed E-state index contributed by atoms with van der Waals surface area (Å²) in [5.74, 6) is 0.689. The topological polar surface area (TPSA) is 35.6 Å². The molecule has 0 amide bonds. The van der Waals surface area contributed by atoms with Crippen molar-refractivity contribution in [3.05, 3.63) is 260 Å². The summed E-state index contributed by atoms with van der Waals surface area (Å²) in [6, 6.07) is 92.2. The van der Waals surface area contributed by atoms with Gasteiger partial charge in [0.25, 0.3) is 6.71 Å². The van der Waals surface area contributed by atoms with E-state index in [0.29, 0.717) is 5.82 Å². The summed E-state index contributed by atoms with van der Waals surface area (Å²) < 4.78 is 5.32. The Labute approximate surface area is 485 Å². The van der Waals surface area contributed by atoms with E-state index < -0.39 is 0 Å². The van der Waals surface area contributed by atoms with Crippen LogP contribution in [-0.4, -0.2) is 25.8 Å². The lowest BCUT2D eigenvalue weighted by Gasteiger charge is -2.36. The summed E-state index contributed by atoms with van der Waals surface area (Å²) in [7, 11) is 0. The van der Waals surface area contributed by atoms with Gasteiger partial charge in [-0.15, -0.1) is 0 Å². The Morgan fingerprint density at radius 3 is 1.08 bits per heavy atom. The van der Waals surface area contributed by atoms with E-state index in [2.05, 4.69) is 299 Å². The molecule has 2 aliphatic rings. The molecule has 0 spiro atoms. The first-order valence-electron chi connectivity index (χ1n) is 29.2. The quantitative estimate of drug-likeness (QED) is 0.149. The number of nitrogens with zero attached hydrogens (tertiary/aromatic N) is 4. The van der Waals surface area contributed by atoms with Crippen molar-refractivity contribution in [3.8, 4) is 89.8 Å². The van der Waals surface area contributed by atoms with Crippen molar-refractivity contribution in [1.82, 2.24) is 19.1 Å². The fraction of sp³-hybridized carbons (Fsp3) is 0.103. The molecule has 0 fully saturated rings. The Morgan fingerprint density at radius 2 is 0.687 bits per heavy atom. The second-order valence-corrected chi connectivity index (χ2v) is 24.9.